The van der Waals surface area contributed by atoms with Crippen LogP contribution in [0, 0.1) is 5.92 Å². The van der Waals surface area contributed by atoms with Crippen LogP contribution in [0.2, 0.25) is 0 Å². The monoisotopic (exact) mass is 747 g/mol. The van der Waals surface area contributed by atoms with Crippen LogP contribution in [0.5, 0.6) is 0 Å². The lowest BCUT2D eigenvalue weighted by molar-refractivity contribution is -0.161. The average molecular weight is 747 g/mol. The summed E-state index contributed by atoms with van der Waals surface area (Å²) >= 11 is 0. The molecule has 0 saturated carbocycles. The molecule has 0 heterocycles. The highest BCUT2D eigenvalue weighted by atomic mass is 31.2. The Morgan fingerprint density at radius 3 is 1.18 bits per heavy atom. The van der Waals surface area contributed by atoms with Gasteiger partial charge in [-0.1, -0.05) is 207 Å². The first-order valence-corrected chi connectivity index (χ1v) is 23.2. The lowest BCUT2D eigenvalue weighted by Crippen LogP contribution is -2.29. The molecule has 8 nitrogen and oxygen atoms in total. The van der Waals surface area contributed by atoms with Gasteiger partial charge < -0.3 is 19.3 Å². The van der Waals surface area contributed by atoms with Crippen LogP contribution in [-0.2, 0) is 28.2 Å². The van der Waals surface area contributed by atoms with Crippen molar-refractivity contribution >= 4 is 19.8 Å². The van der Waals surface area contributed by atoms with E-state index in [1.165, 1.54) is 154 Å². The van der Waals surface area contributed by atoms with Gasteiger partial charge >= 0.3 is 19.8 Å². The highest BCUT2D eigenvalue weighted by Gasteiger charge is 2.23. The van der Waals surface area contributed by atoms with Gasteiger partial charge in [0.15, 0.2) is 6.10 Å². The van der Waals surface area contributed by atoms with Crippen molar-refractivity contribution in [2.75, 3.05) is 13.2 Å². The van der Waals surface area contributed by atoms with E-state index in [4.69, 9.17) is 19.3 Å². The summed E-state index contributed by atoms with van der Waals surface area (Å²) in [6.07, 6.45) is 38.3. The fourth-order valence-electron chi connectivity index (χ4n) is 6.56. The van der Waals surface area contributed by atoms with Gasteiger partial charge in [0, 0.05) is 12.8 Å². The molecule has 0 rings (SSSR count). The molecule has 0 amide bonds. The number of phosphoric ester groups is 1. The molecule has 0 aromatic rings. The van der Waals surface area contributed by atoms with Crippen LogP contribution in [0.4, 0.5) is 0 Å². The summed E-state index contributed by atoms with van der Waals surface area (Å²) in [4.78, 5) is 42.8. The Kier molecular flexibility index (Phi) is 36.7. The number of rotatable bonds is 40. The van der Waals surface area contributed by atoms with Crippen molar-refractivity contribution in [2.24, 2.45) is 5.92 Å². The zero-order valence-corrected chi connectivity index (χ0v) is 34.6. The van der Waals surface area contributed by atoms with Crippen molar-refractivity contribution < 1.29 is 37.9 Å². The first kappa shape index (κ1) is 50.1. The second-order valence-electron chi connectivity index (χ2n) is 15.5. The number of carbonyl (C=O) groups is 2. The predicted octanol–water partition coefficient (Wildman–Crippen LogP) is 13.1. The van der Waals surface area contributed by atoms with Crippen LogP contribution in [0.1, 0.15) is 233 Å². The minimum atomic E-state index is -4.75. The van der Waals surface area contributed by atoms with Crippen LogP contribution in [0.25, 0.3) is 0 Å². The quantitative estimate of drug-likeness (QED) is 0.0361. The van der Waals surface area contributed by atoms with Gasteiger partial charge in [-0.25, -0.2) is 4.57 Å². The average Bonchev–Trinajstić information content (AvgIpc) is 3.08. The molecule has 0 fully saturated rings. The second-order valence-corrected chi connectivity index (χ2v) is 16.8. The molecule has 0 saturated heterocycles. The van der Waals surface area contributed by atoms with Crippen LogP contribution in [-0.4, -0.2) is 41.0 Å². The highest BCUT2D eigenvalue weighted by Crippen LogP contribution is 2.36. The van der Waals surface area contributed by atoms with E-state index < -0.39 is 32.5 Å². The fraction of sp³-hybridized carbons (Fsp3) is 0.952. The summed E-state index contributed by atoms with van der Waals surface area (Å²) in [7, 11) is -4.75. The molecule has 0 radical (unpaired) electrons. The zero-order chi connectivity index (χ0) is 37.7. The molecule has 0 aromatic heterocycles. The van der Waals surface area contributed by atoms with Crippen LogP contribution < -0.4 is 0 Å². The molecule has 304 valence electrons. The Hall–Kier alpha value is -0.950. The van der Waals surface area contributed by atoms with Crippen molar-refractivity contribution in [2.45, 2.75) is 239 Å². The second kappa shape index (κ2) is 37.4. The normalized spacial score (nSPS) is 12.4. The summed E-state index contributed by atoms with van der Waals surface area (Å²) in [6.45, 7) is 6.04. The first-order chi connectivity index (χ1) is 24.6. The van der Waals surface area contributed by atoms with E-state index in [1.54, 1.807) is 0 Å². The first-order valence-electron chi connectivity index (χ1n) is 21.7. The molecule has 0 bridgehead atoms. The van der Waals surface area contributed by atoms with Crippen LogP contribution in [0.15, 0.2) is 0 Å². The zero-order valence-electron chi connectivity index (χ0n) is 33.7. The molecule has 0 aliphatic rings. The fourth-order valence-corrected chi connectivity index (χ4v) is 6.92. The summed E-state index contributed by atoms with van der Waals surface area (Å²) < 4.78 is 26.4. The number of ether oxygens (including phenoxy) is 2. The summed E-state index contributed by atoms with van der Waals surface area (Å²) in [5.74, 6) is -0.0605. The number of carbonyl (C=O) groups excluding carboxylic acids is 2. The Labute approximate surface area is 315 Å². The molecule has 2 N–H and O–H groups in total. The van der Waals surface area contributed by atoms with E-state index >= 15 is 0 Å². The molecule has 0 unspecified atom stereocenters. The Balaban J connectivity index is 3.83. The molecular weight excluding hydrogens is 663 g/mol. The summed E-state index contributed by atoms with van der Waals surface area (Å²) in [6, 6.07) is 0. The van der Waals surface area contributed by atoms with E-state index in [1.807, 2.05) is 0 Å². The van der Waals surface area contributed by atoms with Gasteiger partial charge in [0.05, 0.1) is 6.61 Å². The molecule has 1 atom stereocenters. The molecular formula is C42H83O8P. The van der Waals surface area contributed by atoms with Gasteiger partial charge in [-0.3, -0.25) is 14.1 Å². The Bertz CT molecular complexity index is 815. The highest BCUT2D eigenvalue weighted by molar-refractivity contribution is 7.46. The maximum Gasteiger partial charge on any atom is 0.469 e. The number of hydrogen-bond donors (Lipinski definition) is 2. The summed E-state index contributed by atoms with van der Waals surface area (Å²) in [5.41, 5.74) is 0. The Morgan fingerprint density at radius 1 is 0.490 bits per heavy atom. The van der Waals surface area contributed by atoms with Gasteiger partial charge in [-0.05, 0) is 18.8 Å². The molecule has 9 heteroatoms. The molecule has 51 heavy (non-hydrogen) atoms. The predicted molar refractivity (Wildman–Crippen MR) is 212 cm³/mol. The third kappa shape index (κ3) is 41.7. The van der Waals surface area contributed by atoms with E-state index in [9.17, 15) is 14.2 Å². The van der Waals surface area contributed by atoms with Gasteiger partial charge in [-0.2, -0.15) is 0 Å². The van der Waals surface area contributed by atoms with E-state index in [0.717, 1.165) is 44.4 Å². The largest absolute Gasteiger partial charge is 0.469 e. The van der Waals surface area contributed by atoms with Crippen LogP contribution >= 0.6 is 7.82 Å². The van der Waals surface area contributed by atoms with E-state index in [0.29, 0.717) is 6.42 Å². The Morgan fingerprint density at radius 2 is 0.824 bits per heavy atom. The third-order valence-corrected chi connectivity index (χ3v) is 10.3. The van der Waals surface area contributed by atoms with Crippen molar-refractivity contribution in [1.82, 2.24) is 0 Å². The SMILES string of the molecule is CCCCCCCCCCCCCCCCCCCCCC(=O)OC[C@H](COP(=O)(O)O)OC(=O)CCCCCCCCCCCCCC(C)C. The van der Waals surface area contributed by atoms with Gasteiger partial charge in [0.2, 0.25) is 0 Å². The van der Waals surface area contributed by atoms with Gasteiger partial charge in [-0.15, -0.1) is 0 Å². The van der Waals surface area contributed by atoms with Crippen molar-refractivity contribution in [3.8, 4) is 0 Å². The van der Waals surface area contributed by atoms with Crippen molar-refractivity contribution in [3.63, 3.8) is 0 Å². The molecule has 0 aliphatic carbocycles. The van der Waals surface area contributed by atoms with E-state index in [-0.39, 0.29) is 19.4 Å². The number of esters is 2. The molecule has 0 aliphatic heterocycles. The summed E-state index contributed by atoms with van der Waals surface area (Å²) in [5, 5.41) is 0. The molecule has 0 spiro atoms. The number of phosphoric acid groups is 1. The van der Waals surface area contributed by atoms with Gasteiger partial charge in [0.1, 0.15) is 6.61 Å². The van der Waals surface area contributed by atoms with Crippen molar-refractivity contribution in [1.29, 1.82) is 0 Å². The number of hydrogen-bond acceptors (Lipinski definition) is 6. The lowest BCUT2D eigenvalue weighted by Gasteiger charge is -2.18. The van der Waals surface area contributed by atoms with E-state index in [2.05, 4.69) is 25.3 Å². The molecule has 0 aromatic carbocycles. The minimum absolute atomic E-state index is 0.218. The smallest absolute Gasteiger partial charge is 0.462 e. The maximum absolute atomic E-state index is 12.4. The standard InChI is InChI=1S/C42H83O8P/c1-4-5-6-7-8-9-10-11-12-13-14-15-16-17-20-23-26-29-32-35-41(43)48-37-40(38-49-51(45,46)47)50-42(44)36-33-30-27-24-21-18-19-22-25-28-31-34-39(2)3/h39-40H,4-38H2,1-3H3,(H2,45,46,47)/t40-/m1/s1. The number of unbranched alkanes of at least 4 members (excludes halogenated alkanes) is 28. The van der Waals surface area contributed by atoms with Crippen LogP contribution in [0.3, 0.4) is 0 Å². The minimum Gasteiger partial charge on any atom is -0.462 e. The lowest BCUT2D eigenvalue weighted by atomic mass is 10.0. The van der Waals surface area contributed by atoms with Gasteiger partial charge in [0.25, 0.3) is 0 Å². The van der Waals surface area contributed by atoms with Crippen molar-refractivity contribution in [3.05, 3.63) is 0 Å². The maximum atomic E-state index is 12.4. The topological polar surface area (TPSA) is 119 Å². The third-order valence-electron chi connectivity index (χ3n) is 9.80.